The molecule has 2 aromatic heterocycles. The van der Waals surface area contributed by atoms with Gasteiger partial charge in [-0.25, -0.2) is 15.0 Å². The van der Waals surface area contributed by atoms with Gasteiger partial charge in [0.25, 0.3) is 0 Å². The number of nitrogen functional groups attached to an aromatic ring is 1. The van der Waals surface area contributed by atoms with Crippen molar-refractivity contribution >= 4 is 11.5 Å². The van der Waals surface area contributed by atoms with Crippen molar-refractivity contribution in [2.45, 2.75) is 26.3 Å². The van der Waals surface area contributed by atoms with E-state index in [1.807, 2.05) is 13.0 Å². The van der Waals surface area contributed by atoms with Gasteiger partial charge in [0.1, 0.15) is 17.7 Å². The van der Waals surface area contributed by atoms with E-state index >= 15 is 0 Å². The van der Waals surface area contributed by atoms with Crippen LogP contribution in [0.3, 0.4) is 0 Å². The minimum atomic E-state index is 0.139. The average molecular weight is 317 g/mol. The molecule has 0 amide bonds. The molecule has 3 N–H and O–H groups in total. The molecule has 0 saturated carbocycles. The van der Waals surface area contributed by atoms with E-state index in [-0.39, 0.29) is 6.04 Å². The van der Waals surface area contributed by atoms with Gasteiger partial charge in [-0.1, -0.05) is 6.92 Å². The molecule has 0 aliphatic rings. The van der Waals surface area contributed by atoms with Crippen LogP contribution in [0.2, 0.25) is 0 Å². The first-order valence-electron chi connectivity index (χ1n) is 7.48. The Bertz CT molecular complexity index is 663. The molecule has 0 aliphatic carbocycles. The van der Waals surface area contributed by atoms with Gasteiger partial charge in [0.15, 0.2) is 5.82 Å². The predicted molar refractivity (Wildman–Crippen MR) is 90.5 cm³/mol. The maximum Gasteiger partial charge on any atom is 0.213 e. The number of pyridine rings is 1. The van der Waals surface area contributed by atoms with Gasteiger partial charge in [-0.15, -0.1) is 0 Å². The summed E-state index contributed by atoms with van der Waals surface area (Å²) in [6.45, 7) is 4.55. The lowest BCUT2D eigenvalue weighted by Crippen LogP contribution is -2.25. The number of nitrogens with two attached hydrogens (primary N) is 1. The summed E-state index contributed by atoms with van der Waals surface area (Å²) in [4.78, 5) is 12.9. The van der Waals surface area contributed by atoms with Crippen LogP contribution in [0.1, 0.15) is 19.0 Å². The van der Waals surface area contributed by atoms with Crippen LogP contribution in [0.4, 0.5) is 11.5 Å². The van der Waals surface area contributed by atoms with E-state index in [0.717, 1.165) is 17.7 Å². The van der Waals surface area contributed by atoms with E-state index < -0.39 is 0 Å². The summed E-state index contributed by atoms with van der Waals surface area (Å²) in [5.41, 5.74) is 9.07. The average Bonchev–Trinajstić information content (AvgIpc) is 2.56. The van der Waals surface area contributed by atoms with Crippen LogP contribution in [0.25, 0.3) is 11.3 Å². The van der Waals surface area contributed by atoms with Crippen molar-refractivity contribution in [2.75, 3.05) is 31.9 Å². The number of anilines is 2. The van der Waals surface area contributed by atoms with Gasteiger partial charge in [-0.05, 0) is 19.4 Å². The minimum Gasteiger partial charge on any atom is -0.481 e. The summed E-state index contributed by atoms with van der Waals surface area (Å²) >= 11 is 0. The Morgan fingerprint density at radius 1 is 1.26 bits per heavy atom. The van der Waals surface area contributed by atoms with Gasteiger partial charge in [0.2, 0.25) is 5.88 Å². The molecule has 7 nitrogen and oxygen atoms in total. The number of hydrogen-bond acceptors (Lipinski definition) is 7. The highest BCUT2D eigenvalue weighted by atomic mass is 16.5. The van der Waals surface area contributed by atoms with Gasteiger partial charge >= 0.3 is 0 Å². The lowest BCUT2D eigenvalue weighted by Gasteiger charge is -2.18. The first-order valence-corrected chi connectivity index (χ1v) is 7.48. The molecular weight excluding hydrogens is 294 g/mol. The summed E-state index contributed by atoms with van der Waals surface area (Å²) < 4.78 is 10.3. The van der Waals surface area contributed by atoms with Crippen molar-refractivity contribution in [1.29, 1.82) is 0 Å². The van der Waals surface area contributed by atoms with Gasteiger partial charge < -0.3 is 20.5 Å². The molecular formula is C16H23N5O2. The van der Waals surface area contributed by atoms with Crippen molar-refractivity contribution < 1.29 is 9.47 Å². The third kappa shape index (κ3) is 3.87. The van der Waals surface area contributed by atoms with Crippen LogP contribution in [0, 0.1) is 6.92 Å². The monoisotopic (exact) mass is 317 g/mol. The second-order valence-electron chi connectivity index (χ2n) is 5.18. The minimum absolute atomic E-state index is 0.139. The van der Waals surface area contributed by atoms with Crippen LogP contribution in [-0.2, 0) is 4.74 Å². The van der Waals surface area contributed by atoms with E-state index in [1.54, 1.807) is 20.3 Å². The highest BCUT2D eigenvalue weighted by molar-refractivity contribution is 5.81. The number of ether oxygens (including phenoxy) is 2. The number of aryl methyl sites for hydroxylation is 1. The second kappa shape index (κ2) is 7.73. The topological polar surface area (TPSA) is 95.2 Å². The van der Waals surface area contributed by atoms with E-state index in [9.17, 15) is 0 Å². The molecule has 0 spiro atoms. The second-order valence-corrected chi connectivity index (χ2v) is 5.18. The summed E-state index contributed by atoms with van der Waals surface area (Å²) in [5, 5.41) is 3.30. The molecule has 0 bridgehead atoms. The Morgan fingerprint density at radius 3 is 2.65 bits per heavy atom. The lowest BCUT2D eigenvalue weighted by molar-refractivity contribution is 0.184. The van der Waals surface area contributed by atoms with Crippen LogP contribution in [0.15, 0.2) is 18.5 Å². The third-order valence-corrected chi connectivity index (χ3v) is 3.61. The fourth-order valence-electron chi connectivity index (χ4n) is 2.28. The summed E-state index contributed by atoms with van der Waals surface area (Å²) in [5.74, 6) is 1.16. The van der Waals surface area contributed by atoms with Crippen molar-refractivity contribution in [3.8, 4) is 17.1 Å². The number of nitrogens with zero attached hydrogens (tertiary/aromatic N) is 3. The quantitative estimate of drug-likeness (QED) is 0.808. The Balaban J connectivity index is 2.36. The number of methoxy groups -OCH3 is 2. The number of aromatic nitrogens is 3. The van der Waals surface area contributed by atoms with E-state index in [2.05, 4.69) is 27.2 Å². The Kier molecular flexibility index (Phi) is 5.70. The molecule has 1 unspecified atom stereocenters. The van der Waals surface area contributed by atoms with Gasteiger partial charge in [-0.2, -0.15) is 0 Å². The maximum absolute atomic E-state index is 6.27. The van der Waals surface area contributed by atoms with Gasteiger partial charge in [0, 0.05) is 18.7 Å². The molecule has 124 valence electrons. The van der Waals surface area contributed by atoms with Crippen molar-refractivity contribution in [3.05, 3.63) is 24.2 Å². The molecule has 2 rings (SSSR count). The maximum atomic E-state index is 6.27. The van der Waals surface area contributed by atoms with Crippen LogP contribution in [0.5, 0.6) is 5.88 Å². The Labute approximate surface area is 136 Å². The highest BCUT2D eigenvalue weighted by Crippen LogP contribution is 2.31. The molecule has 0 radical (unpaired) electrons. The highest BCUT2D eigenvalue weighted by Gasteiger charge is 2.15. The summed E-state index contributed by atoms with van der Waals surface area (Å²) in [6.07, 6.45) is 2.40. The fraction of sp³-hybridized carbons (Fsp3) is 0.438. The van der Waals surface area contributed by atoms with Gasteiger partial charge in [0.05, 0.1) is 25.5 Å². The van der Waals surface area contributed by atoms with Crippen LogP contribution < -0.4 is 15.8 Å². The SMILES string of the molecule is CCC(COC)Nc1ncnc(-c2ccc(OC)nc2C)c1N. The summed E-state index contributed by atoms with van der Waals surface area (Å²) in [6, 6.07) is 3.83. The smallest absolute Gasteiger partial charge is 0.213 e. The Hall–Kier alpha value is -2.41. The first-order chi connectivity index (χ1) is 11.1. The largest absolute Gasteiger partial charge is 0.481 e. The standard InChI is InChI=1S/C16H23N5O2/c1-5-11(8-22-3)21-16-14(17)15(18-9-19-16)12-6-7-13(23-4)20-10(12)2/h6-7,9,11H,5,8,17H2,1-4H3,(H,18,19,21). The molecule has 0 aromatic carbocycles. The molecule has 2 aromatic rings. The van der Waals surface area contributed by atoms with Gasteiger partial charge in [-0.3, -0.25) is 0 Å². The fourth-order valence-corrected chi connectivity index (χ4v) is 2.28. The zero-order chi connectivity index (χ0) is 16.8. The van der Waals surface area contributed by atoms with Crippen molar-refractivity contribution in [2.24, 2.45) is 0 Å². The molecule has 2 heterocycles. The molecule has 7 heteroatoms. The van der Waals surface area contributed by atoms with Crippen LogP contribution >= 0.6 is 0 Å². The first kappa shape index (κ1) is 17.0. The van der Waals surface area contributed by atoms with Crippen molar-refractivity contribution in [3.63, 3.8) is 0 Å². The lowest BCUT2D eigenvalue weighted by atomic mass is 10.1. The number of hydrogen-bond donors (Lipinski definition) is 2. The number of rotatable bonds is 7. The van der Waals surface area contributed by atoms with Crippen LogP contribution in [-0.4, -0.2) is 41.8 Å². The Morgan fingerprint density at radius 2 is 2.04 bits per heavy atom. The van der Waals surface area contributed by atoms with E-state index in [1.165, 1.54) is 6.33 Å². The molecule has 0 saturated heterocycles. The predicted octanol–water partition coefficient (Wildman–Crippen LogP) is 2.27. The normalized spacial score (nSPS) is 12.0. The molecule has 1 atom stereocenters. The molecule has 23 heavy (non-hydrogen) atoms. The third-order valence-electron chi connectivity index (χ3n) is 3.61. The van der Waals surface area contributed by atoms with E-state index in [0.29, 0.717) is 29.7 Å². The number of nitrogens with one attached hydrogen (secondary N) is 1. The van der Waals surface area contributed by atoms with Crippen molar-refractivity contribution in [1.82, 2.24) is 15.0 Å². The molecule has 0 aliphatic heterocycles. The molecule has 0 fully saturated rings. The summed E-state index contributed by atoms with van der Waals surface area (Å²) in [7, 11) is 3.26. The van der Waals surface area contributed by atoms with E-state index in [4.69, 9.17) is 15.2 Å². The zero-order valence-electron chi connectivity index (χ0n) is 14.0. The zero-order valence-corrected chi connectivity index (χ0v) is 14.0.